The molecule has 3 heteroatoms. The van der Waals surface area contributed by atoms with Crippen LogP contribution in [-0.2, 0) is 5.41 Å². The molecule has 0 spiro atoms. The van der Waals surface area contributed by atoms with E-state index >= 15 is 0 Å². The zero-order chi connectivity index (χ0) is 11.6. The third kappa shape index (κ3) is 2.24. The average Bonchev–Trinajstić information content (AvgIpc) is 2.29. The summed E-state index contributed by atoms with van der Waals surface area (Å²) in [5, 5.41) is 0. The van der Waals surface area contributed by atoms with Crippen molar-refractivity contribution in [1.82, 2.24) is 15.0 Å². The van der Waals surface area contributed by atoms with Gasteiger partial charge in [-0.2, -0.15) is 0 Å². The minimum atomic E-state index is 0.0416. The van der Waals surface area contributed by atoms with Crippen molar-refractivity contribution in [3.63, 3.8) is 0 Å². The topological polar surface area (TPSA) is 38.7 Å². The highest BCUT2D eigenvalue weighted by Crippen LogP contribution is 2.23. The van der Waals surface area contributed by atoms with Crippen molar-refractivity contribution in [2.75, 3.05) is 0 Å². The number of aromatic nitrogens is 3. The molecular weight excluding hydrogens is 198 g/mol. The summed E-state index contributed by atoms with van der Waals surface area (Å²) in [7, 11) is 0. The molecule has 2 aromatic rings. The first-order chi connectivity index (χ1) is 7.57. The van der Waals surface area contributed by atoms with Gasteiger partial charge in [0.15, 0.2) is 0 Å². The molecule has 0 bridgehead atoms. The number of hydrogen-bond donors (Lipinski definition) is 0. The van der Waals surface area contributed by atoms with Gasteiger partial charge >= 0.3 is 0 Å². The second-order valence-corrected chi connectivity index (χ2v) is 4.78. The lowest BCUT2D eigenvalue weighted by Gasteiger charge is -2.17. The Labute approximate surface area is 95.6 Å². The van der Waals surface area contributed by atoms with E-state index in [1.54, 1.807) is 12.5 Å². The fraction of sp³-hybridized carbons (Fsp3) is 0.308. The Balaban J connectivity index is 2.45. The molecule has 0 N–H and O–H groups in total. The summed E-state index contributed by atoms with van der Waals surface area (Å²) in [6, 6.07) is 5.94. The Bertz CT molecular complexity index is 472. The van der Waals surface area contributed by atoms with E-state index in [0.717, 1.165) is 17.0 Å². The Kier molecular flexibility index (Phi) is 2.69. The summed E-state index contributed by atoms with van der Waals surface area (Å²) in [6.45, 7) is 6.42. The van der Waals surface area contributed by atoms with Gasteiger partial charge in [0.25, 0.3) is 0 Å². The van der Waals surface area contributed by atoms with Gasteiger partial charge in [-0.15, -0.1) is 0 Å². The van der Waals surface area contributed by atoms with E-state index < -0.39 is 0 Å². The van der Waals surface area contributed by atoms with Gasteiger partial charge in [-0.1, -0.05) is 20.8 Å². The molecule has 82 valence electrons. The molecule has 0 saturated heterocycles. The Morgan fingerprint density at radius 2 is 1.94 bits per heavy atom. The average molecular weight is 213 g/mol. The second kappa shape index (κ2) is 4.00. The van der Waals surface area contributed by atoms with Crippen molar-refractivity contribution in [3.05, 3.63) is 42.6 Å². The minimum Gasteiger partial charge on any atom is -0.264 e. The molecule has 2 rings (SSSR count). The molecule has 16 heavy (non-hydrogen) atoms. The fourth-order valence-corrected chi connectivity index (χ4v) is 1.44. The smallest absolute Gasteiger partial charge is 0.116 e. The summed E-state index contributed by atoms with van der Waals surface area (Å²) in [4.78, 5) is 12.7. The van der Waals surface area contributed by atoms with Crippen LogP contribution in [0.2, 0.25) is 0 Å². The summed E-state index contributed by atoms with van der Waals surface area (Å²) >= 11 is 0. The molecule has 0 atom stereocenters. The van der Waals surface area contributed by atoms with Crippen LogP contribution in [0.3, 0.4) is 0 Å². The highest BCUT2D eigenvalue weighted by atomic mass is 14.8. The monoisotopic (exact) mass is 213 g/mol. The van der Waals surface area contributed by atoms with Crippen molar-refractivity contribution in [2.24, 2.45) is 0 Å². The highest BCUT2D eigenvalue weighted by molar-refractivity contribution is 5.57. The van der Waals surface area contributed by atoms with Gasteiger partial charge in [0, 0.05) is 29.1 Å². The number of nitrogens with zero attached hydrogens (tertiary/aromatic N) is 3. The van der Waals surface area contributed by atoms with E-state index in [9.17, 15) is 0 Å². The van der Waals surface area contributed by atoms with Crippen LogP contribution in [0.5, 0.6) is 0 Å². The molecule has 0 saturated carbocycles. The quantitative estimate of drug-likeness (QED) is 0.731. The Morgan fingerprint density at radius 1 is 1.12 bits per heavy atom. The van der Waals surface area contributed by atoms with Crippen molar-refractivity contribution < 1.29 is 0 Å². The normalized spacial score (nSPS) is 11.4. The summed E-state index contributed by atoms with van der Waals surface area (Å²) in [6.07, 6.45) is 5.19. The molecule has 0 radical (unpaired) electrons. The third-order valence-electron chi connectivity index (χ3n) is 2.39. The maximum Gasteiger partial charge on any atom is 0.116 e. The molecule has 0 unspecified atom stereocenters. The maximum absolute atomic E-state index is 4.30. The van der Waals surface area contributed by atoms with E-state index in [-0.39, 0.29) is 5.41 Å². The minimum absolute atomic E-state index is 0.0416. The molecule has 2 heterocycles. The van der Waals surface area contributed by atoms with Gasteiger partial charge in [-0.3, -0.25) is 4.98 Å². The number of pyridine rings is 1. The first-order valence-corrected chi connectivity index (χ1v) is 5.30. The van der Waals surface area contributed by atoms with Crippen LogP contribution in [0.1, 0.15) is 26.5 Å². The lowest BCUT2D eigenvalue weighted by Crippen LogP contribution is -2.13. The largest absolute Gasteiger partial charge is 0.264 e. The summed E-state index contributed by atoms with van der Waals surface area (Å²) in [5.74, 6) is 0. The van der Waals surface area contributed by atoms with Crippen molar-refractivity contribution >= 4 is 0 Å². The van der Waals surface area contributed by atoms with E-state index in [1.807, 2.05) is 24.4 Å². The molecule has 0 aromatic carbocycles. The van der Waals surface area contributed by atoms with Crippen molar-refractivity contribution in [1.29, 1.82) is 0 Å². The van der Waals surface area contributed by atoms with E-state index in [2.05, 4.69) is 35.7 Å². The van der Waals surface area contributed by atoms with Crippen molar-refractivity contribution in [3.8, 4) is 11.3 Å². The maximum atomic E-state index is 4.30. The lowest BCUT2D eigenvalue weighted by molar-refractivity contribution is 0.567. The molecule has 3 nitrogen and oxygen atoms in total. The second-order valence-electron chi connectivity index (χ2n) is 4.78. The summed E-state index contributed by atoms with van der Waals surface area (Å²) < 4.78 is 0. The van der Waals surface area contributed by atoms with Crippen LogP contribution in [0.4, 0.5) is 0 Å². The van der Waals surface area contributed by atoms with Gasteiger partial charge in [-0.25, -0.2) is 9.97 Å². The van der Waals surface area contributed by atoms with Crippen molar-refractivity contribution in [2.45, 2.75) is 26.2 Å². The van der Waals surface area contributed by atoms with E-state index in [4.69, 9.17) is 0 Å². The zero-order valence-electron chi connectivity index (χ0n) is 9.81. The third-order valence-corrected chi connectivity index (χ3v) is 2.39. The predicted molar refractivity (Wildman–Crippen MR) is 64.0 cm³/mol. The van der Waals surface area contributed by atoms with Crippen LogP contribution >= 0.6 is 0 Å². The SMILES string of the molecule is CC(C)(C)c1cc(-c2cccnc2)ncn1. The standard InChI is InChI=1S/C13H15N3/c1-13(2,3)12-7-11(15-9-16-12)10-5-4-6-14-8-10/h4-9H,1-3H3. The first kappa shape index (κ1) is 10.7. The van der Waals surface area contributed by atoms with Crippen LogP contribution < -0.4 is 0 Å². The fourth-order valence-electron chi connectivity index (χ4n) is 1.44. The van der Waals surface area contributed by atoms with Gasteiger partial charge in [0.2, 0.25) is 0 Å². The predicted octanol–water partition coefficient (Wildman–Crippen LogP) is 2.84. The molecular formula is C13H15N3. The lowest BCUT2D eigenvalue weighted by atomic mass is 9.91. The van der Waals surface area contributed by atoms with Crippen LogP contribution in [0.25, 0.3) is 11.3 Å². The van der Waals surface area contributed by atoms with Crippen LogP contribution in [-0.4, -0.2) is 15.0 Å². The first-order valence-electron chi connectivity index (χ1n) is 5.30. The van der Waals surface area contributed by atoms with E-state index in [1.165, 1.54) is 0 Å². The van der Waals surface area contributed by atoms with Gasteiger partial charge in [0.05, 0.1) is 5.69 Å². The molecule has 0 fully saturated rings. The molecule has 0 amide bonds. The molecule has 0 aliphatic rings. The van der Waals surface area contributed by atoms with Crippen LogP contribution in [0.15, 0.2) is 36.9 Å². The van der Waals surface area contributed by atoms with Gasteiger partial charge < -0.3 is 0 Å². The molecule has 0 aliphatic carbocycles. The van der Waals surface area contributed by atoms with Crippen LogP contribution in [0, 0.1) is 0 Å². The number of rotatable bonds is 1. The molecule has 2 aromatic heterocycles. The van der Waals surface area contributed by atoms with E-state index in [0.29, 0.717) is 0 Å². The highest BCUT2D eigenvalue weighted by Gasteiger charge is 2.16. The molecule has 0 aliphatic heterocycles. The summed E-state index contributed by atoms with van der Waals surface area (Å²) in [5.41, 5.74) is 3.03. The Morgan fingerprint density at radius 3 is 2.56 bits per heavy atom. The number of hydrogen-bond acceptors (Lipinski definition) is 3. The Hall–Kier alpha value is -1.77. The zero-order valence-corrected chi connectivity index (χ0v) is 9.81. The van der Waals surface area contributed by atoms with Gasteiger partial charge in [0.1, 0.15) is 6.33 Å². The van der Waals surface area contributed by atoms with Gasteiger partial charge in [-0.05, 0) is 18.2 Å².